The Labute approximate surface area is 102 Å². The molecule has 0 saturated heterocycles. The van der Waals surface area contributed by atoms with Crippen molar-refractivity contribution < 1.29 is 26.1 Å². The summed E-state index contributed by atoms with van der Waals surface area (Å²) in [5.74, 6) is 0. The Balaban J connectivity index is 0. The van der Waals surface area contributed by atoms with Gasteiger partial charge >= 0.3 is 15.6 Å². The van der Waals surface area contributed by atoms with Crippen molar-refractivity contribution in [2.45, 2.75) is 5.51 Å². The molecule has 98 valence electrons. The van der Waals surface area contributed by atoms with Crippen LogP contribution in [0.25, 0.3) is 6.08 Å². The van der Waals surface area contributed by atoms with Crippen LogP contribution in [0.3, 0.4) is 0 Å². The van der Waals surface area contributed by atoms with E-state index in [0.717, 1.165) is 5.56 Å². The Morgan fingerprint density at radius 3 is 1.82 bits per heavy atom. The number of alkyl halides is 3. The van der Waals surface area contributed by atoms with Crippen molar-refractivity contribution in [1.82, 2.24) is 4.98 Å². The Morgan fingerprint density at radius 2 is 1.65 bits per heavy atom. The van der Waals surface area contributed by atoms with Gasteiger partial charge in [-0.15, -0.1) is 12.4 Å². The second-order valence-electron chi connectivity index (χ2n) is 2.41. The zero-order valence-electron chi connectivity index (χ0n) is 8.26. The van der Waals surface area contributed by atoms with E-state index in [1.165, 1.54) is 0 Å². The molecule has 0 aliphatic heterocycles. The number of pyridine rings is 1. The van der Waals surface area contributed by atoms with E-state index in [2.05, 4.69) is 11.6 Å². The molecular formula is C8H9ClF3NO3S. The molecule has 0 amide bonds. The van der Waals surface area contributed by atoms with Gasteiger partial charge in [-0.2, -0.15) is 21.6 Å². The van der Waals surface area contributed by atoms with Crippen molar-refractivity contribution in [3.8, 4) is 0 Å². The van der Waals surface area contributed by atoms with E-state index in [1.54, 1.807) is 18.5 Å². The first-order valence-corrected chi connectivity index (χ1v) is 5.18. The Hall–Kier alpha value is -1.12. The minimum absolute atomic E-state index is 0. The molecule has 0 aliphatic carbocycles. The molecule has 4 nitrogen and oxygen atoms in total. The van der Waals surface area contributed by atoms with Gasteiger partial charge in [0.05, 0.1) is 0 Å². The van der Waals surface area contributed by atoms with Gasteiger partial charge in [-0.05, 0) is 17.7 Å². The highest BCUT2D eigenvalue weighted by atomic mass is 35.5. The lowest BCUT2D eigenvalue weighted by molar-refractivity contribution is -0.0510. The summed E-state index contributed by atoms with van der Waals surface area (Å²) in [4.78, 5) is 3.85. The number of halogens is 4. The minimum Gasteiger partial charge on any atom is -0.279 e. The van der Waals surface area contributed by atoms with Crippen LogP contribution < -0.4 is 0 Å². The van der Waals surface area contributed by atoms with Crippen molar-refractivity contribution in [1.29, 1.82) is 0 Å². The molecule has 1 rings (SSSR count). The zero-order chi connectivity index (χ0) is 12.8. The third-order valence-electron chi connectivity index (χ3n) is 1.23. The van der Waals surface area contributed by atoms with Gasteiger partial charge in [0, 0.05) is 12.4 Å². The van der Waals surface area contributed by atoms with Gasteiger partial charge in [0.15, 0.2) is 0 Å². The fourth-order valence-corrected chi connectivity index (χ4v) is 0.500. The van der Waals surface area contributed by atoms with Crippen LogP contribution >= 0.6 is 12.4 Å². The molecule has 0 unspecified atom stereocenters. The normalized spacial score (nSPS) is 10.6. The van der Waals surface area contributed by atoms with E-state index in [9.17, 15) is 13.2 Å². The van der Waals surface area contributed by atoms with Crippen LogP contribution in [0.15, 0.2) is 31.1 Å². The highest BCUT2D eigenvalue weighted by molar-refractivity contribution is 7.86. The highest BCUT2D eigenvalue weighted by Gasteiger charge is 2.44. The van der Waals surface area contributed by atoms with Crippen molar-refractivity contribution in [3.05, 3.63) is 36.7 Å². The fourth-order valence-electron chi connectivity index (χ4n) is 0.500. The van der Waals surface area contributed by atoms with E-state index in [-0.39, 0.29) is 12.4 Å². The molecule has 1 aromatic rings. The van der Waals surface area contributed by atoms with E-state index in [0.29, 0.717) is 0 Å². The smallest absolute Gasteiger partial charge is 0.279 e. The molecule has 0 aliphatic rings. The van der Waals surface area contributed by atoms with Gasteiger partial charge in [-0.3, -0.25) is 9.54 Å². The quantitative estimate of drug-likeness (QED) is 0.638. The van der Waals surface area contributed by atoms with Gasteiger partial charge < -0.3 is 0 Å². The van der Waals surface area contributed by atoms with Gasteiger partial charge in [0.2, 0.25) is 0 Å². The van der Waals surface area contributed by atoms with Crippen LogP contribution in [-0.2, 0) is 10.1 Å². The summed E-state index contributed by atoms with van der Waals surface area (Å²) in [6, 6.07) is 3.82. The number of aromatic nitrogens is 1. The summed E-state index contributed by atoms with van der Waals surface area (Å²) in [7, 11) is -5.84. The summed E-state index contributed by atoms with van der Waals surface area (Å²) in [5.41, 5.74) is -4.42. The molecule has 17 heavy (non-hydrogen) atoms. The molecule has 1 heterocycles. The topological polar surface area (TPSA) is 67.3 Å². The lowest BCUT2D eigenvalue weighted by atomic mass is 10.3. The lowest BCUT2D eigenvalue weighted by Crippen LogP contribution is -2.21. The van der Waals surface area contributed by atoms with Crippen molar-refractivity contribution in [2.24, 2.45) is 0 Å². The SMILES string of the molecule is C=Cc1ccncc1.Cl.O=S(=O)(O)C(F)(F)F. The molecule has 9 heteroatoms. The molecule has 0 bridgehead atoms. The zero-order valence-corrected chi connectivity index (χ0v) is 9.89. The van der Waals surface area contributed by atoms with E-state index < -0.39 is 15.6 Å². The first-order valence-electron chi connectivity index (χ1n) is 3.74. The third-order valence-corrected chi connectivity index (χ3v) is 1.82. The number of hydrogen-bond acceptors (Lipinski definition) is 3. The molecule has 0 atom stereocenters. The summed E-state index contributed by atoms with van der Waals surface area (Å²) < 4.78 is 57.5. The van der Waals surface area contributed by atoms with E-state index in [1.807, 2.05) is 12.1 Å². The van der Waals surface area contributed by atoms with Crippen LogP contribution in [0.1, 0.15) is 5.56 Å². The average molecular weight is 292 g/mol. The second kappa shape index (κ2) is 7.25. The molecule has 0 spiro atoms. The number of rotatable bonds is 1. The second-order valence-corrected chi connectivity index (χ2v) is 3.82. The van der Waals surface area contributed by atoms with Crippen LogP contribution in [0.5, 0.6) is 0 Å². The van der Waals surface area contributed by atoms with Crippen molar-refractivity contribution >= 4 is 28.6 Å². The molecular weight excluding hydrogens is 283 g/mol. The molecule has 0 saturated carbocycles. The van der Waals surface area contributed by atoms with Crippen LogP contribution in [-0.4, -0.2) is 23.5 Å². The maximum atomic E-state index is 10.7. The predicted octanol–water partition coefficient (Wildman–Crippen LogP) is 2.54. The van der Waals surface area contributed by atoms with Crippen molar-refractivity contribution in [3.63, 3.8) is 0 Å². The Morgan fingerprint density at radius 1 is 1.29 bits per heavy atom. The molecule has 1 aromatic heterocycles. The first-order chi connectivity index (χ1) is 7.18. The summed E-state index contributed by atoms with van der Waals surface area (Å²) in [5, 5.41) is 0. The van der Waals surface area contributed by atoms with Gasteiger partial charge in [-0.1, -0.05) is 12.7 Å². The van der Waals surface area contributed by atoms with Crippen LogP contribution in [0.4, 0.5) is 13.2 Å². The molecule has 0 fully saturated rings. The largest absolute Gasteiger partial charge is 0.522 e. The first kappa shape index (κ1) is 18.3. The van der Waals surface area contributed by atoms with Gasteiger partial charge in [0.1, 0.15) is 0 Å². The molecule has 1 N–H and O–H groups in total. The number of nitrogens with zero attached hydrogens (tertiary/aromatic N) is 1. The third kappa shape index (κ3) is 7.72. The number of hydrogen-bond donors (Lipinski definition) is 1. The van der Waals surface area contributed by atoms with Crippen LogP contribution in [0.2, 0.25) is 0 Å². The predicted molar refractivity (Wildman–Crippen MR) is 59.2 cm³/mol. The average Bonchev–Trinajstić information content (AvgIpc) is 2.17. The van der Waals surface area contributed by atoms with Gasteiger partial charge in [0.25, 0.3) is 0 Å². The maximum absolute atomic E-state index is 10.7. The molecule has 0 aromatic carbocycles. The molecule has 0 radical (unpaired) electrons. The highest BCUT2D eigenvalue weighted by Crippen LogP contribution is 2.20. The summed E-state index contributed by atoms with van der Waals surface area (Å²) in [6.07, 6.45) is 5.29. The monoisotopic (exact) mass is 291 g/mol. The van der Waals surface area contributed by atoms with E-state index in [4.69, 9.17) is 13.0 Å². The summed E-state index contributed by atoms with van der Waals surface area (Å²) >= 11 is 0. The maximum Gasteiger partial charge on any atom is 0.522 e. The van der Waals surface area contributed by atoms with Gasteiger partial charge in [-0.25, -0.2) is 0 Å². The van der Waals surface area contributed by atoms with Crippen molar-refractivity contribution in [2.75, 3.05) is 0 Å². The lowest BCUT2D eigenvalue weighted by Gasteiger charge is -1.97. The summed E-state index contributed by atoms with van der Waals surface area (Å²) in [6.45, 7) is 3.60. The van der Waals surface area contributed by atoms with Crippen LogP contribution in [0, 0.1) is 0 Å². The van der Waals surface area contributed by atoms with E-state index >= 15 is 0 Å². The standard InChI is InChI=1S/C7H7N.CHF3O3S.ClH/c1-2-7-3-5-8-6-4-7;2-1(3,4)8(5,6)7;/h2-6H,1H2;(H,5,6,7);1H. The fraction of sp³-hybridized carbons (Fsp3) is 0.125. The Kier molecular flexibility index (Phi) is 7.79. The minimum atomic E-state index is -5.84. The Bertz CT molecular complexity index is 433.